The molecule has 0 aliphatic heterocycles. The molecule has 0 saturated carbocycles. The Morgan fingerprint density at radius 3 is 2.76 bits per heavy atom. The summed E-state index contributed by atoms with van der Waals surface area (Å²) in [6, 6.07) is 9.71. The van der Waals surface area contributed by atoms with Crippen LogP contribution in [0.15, 0.2) is 35.3 Å². The summed E-state index contributed by atoms with van der Waals surface area (Å²) in [5, 5.41) is 3.02. The summed E-state index contributed by atoms with van der Waals surface area (Å²) in [5.74, 6) is 1.34. The van der Waals surface area contributed by atoms with Gasteiger partial charge in [-0.05, 0) is 25.5 Å². The molecule has 0 amide bonds. The lowest BCUT2D eigenvalue weighted by Gasteiger charge is -2.13. The molecule has 0 aliphatic rings. The number of nitrogens with zero attached hydrogens (tertiary/aromatic N) is 1. The van der Waals surface area contributed by atoms with Crippen LogP contribution in [-0.2, 0) is 0 Å². The van der Waals surface area contributed by atoms with E-state index in [4.69, 9.17) is 10.5 Å². The largest absolute Gasteiger partial charge is 0.489 e. The fraction of sp³-hybridized carbons (Fsp3) is 0.462. The van der Waals surface area contributed by atoms with E-state index in [1.54, 1.807) is 0 Å². The maximum atomic E-state index is 5.68. The first-order chi connectivity index (χ1) is 8.22. The third kappa shape index (κ3) is 5.80. The summed E-state index contributed by atoms with van der Waals surface area (Å²) in [6.07, 6.45) is 1.05. The summed E-state index contributed by atoms with van der Waals surface area (Å²) >= 11 is 0. The maximum absolute atomic E-state index is 5.68. The molecule has 1 rings (SSSR count). The van der Waals surface area contributed by atoms with Gasteiger partial charge >= 0.3 is 0 Å². The summed E-state index contributed by atoms with van der Waals surface area (Å²) in [6.45, 7) is 5.46. The lowest BCUT2D eigenvalue weighted by molar-refractivity contribution is 0.230. The molecule has 1 aromatic carbocycles. The highest BCUT2D eigenvalue weighted by Gasteiger charge is 2.02. The normalized spacial score (nSPS) is 13.2. The molecule has 94 valence electrons. The molecule has 0 radical (unpaired) electrons. The minimum absolute atomic E-state index is 0.0133. The van der Waals surface area contributed by atoms with Gasteiger partial charge in [0.1, 0.15) is 11.9 Å². The standard InChI is InChI=1S/C13H21N3O/c1-3-9-15-13(14)16-10-11(2)17-12-7-5-4-6-8-12/h4-8,11H,3,9-10H2,1-2H3,(H3,14,15,16). The van der Waals surface area contributed by atoms with Gasteiger partial charge in [-0.2, -0.15) is 0 Å². The Morgan fingerprint density at radius 2 is 2.12 bits per heavy atom. The molecule has 0 bridgehead atoms. The number of nitrogens with one attached hydrogen (secondary N) is 1. The zero-order chi connectivity index (χ0) is 12.5. The van der Waals surface area contributed by atoms with E-state index in [0.29, 0.717) is 12.5 Å². The van der Waals surface area contributed by atoms with Crippen molar-refractivity contribution in [2.45, 2.75) is 26.4 Å². The quantitative estimate of drug-likeness (QED) is 0.583. The lowest BCUT2D eigenvalue weighted by atomic mass is 10.3. The predicted octanol–water partition coefficient (Wildman–Crippen LogP) is 1.77. The third-order valence-corrected chi connectivity index (χ3v) is 2.16. The van der Waals surface area contributed by atoms with Gasteiger partial charge in [-0.3, -0.25) is 0 Å². The van der Waals surface area contributed by atoms with Crippen molar-refractivity contribution >= 4 is 5.96 Å². The van der Waals surface area contributed by atoms with Crippen LogP contribution in [0, 0.1) is 0 Å². The van der Waals surface area contributed by atoms with Crippen LogP contribution in [0.5, 0.6) is 5.75 Å². The zero-order valence-corrected chi connectivity index (χ0v) is 10.5. The van der Waals surface area contributed by atoms with Gasteiger partial charge in [0.25, 0.3) is 0 Å². The molecule has 4 nitrogen and oxygen atoms in total. The van der Waals surface area contributed by atoms with Crippen LogP contribution in [0.1, 0.15) is 20.3 Å². The first kappa shape index (κ1) is 13.4. The van der Waals surface area contributed by atoms with Crippen LogP contribution < -0.4 is 15.8 Å². The van der Waals surface area contributed by atoms with E-state index in [9.17, 15) is 0 Å². The molecule has 4 heteroatoms. The number of hydrogen-bond donors (Lipinski definition) is 2. The van der Waals surface area contributed by atoms with Crippen LogP contribution in [0.4, 0.5) is 0 Å². The number of ether oxygens (including phenoxy) is 1. The van der Waals surface area contributed by atoms with Crippen molar-refractivity contribution in [1.29, 1.82) is 0 Å². The van der Waals surface area contributed by atoms with Crippen molar-refractivity contribution in [3.63, 3.8) is 0 Å². The third-order valence-electron chi connectivity index (χ3n) is 2.16. The van der Waals surface area contributed by atoms with Gasteiger partial charge in [0.15, 0.2) is 5.96 Å². The highest BCUT2D eigenvalue weighted by Crippen LogP contribution is 2.10. The van der Waals surface area contributed by atoms with Crippen molar-refractivity contribution in [2.75, 3.05) is 13.1 Å². The van der Waals surface area contributed by atoms with Crippen LogP contribution in [0.2, 0.25) is 0 Å². The van der Waals surface area contributed by atoms with Crippen molar-refractivity contribution < 1.29 is 4.74 Å². The summed E-state index contributed by atoms with van der Waals surface area (Å²) in [7, 11) is 0. The molecule has 1 unspecified atom stereocenters. The Bertz CT molecular complexity index is 338. The first-order valence-corrected chi connectivity index (χ1v) is 5.98. The molecule has 3 N–H and O–H groups in total. The second kappa shape index (κ2) is 7.54. The zero-order valence-electron chi connectivity index (χ0n) is 10.5. The monoisotopic (exact) mass is 235 g/mol. The Hall–Kier alpha value is -1.71. The molecule has 17 heavy (non-hydrogen) atoms. The van der Waals surface area contributed by atoms with E-state index in [-0.39, 0.29) is 6.10 Å². The van der Waals surface area contributed by atoms with Gasteiger partial charge in [-0.15, -0.1) is 0 Å². The fourth-order valence-electron chi connectivity index (χ4n) is 1.30. The van der Waals surface area contributed by atoms with Crippen LogP contribution in [-0.4, -0.2) is 25.2 Å². The van der Waals surface area contributed by atoms with E-state index < -0.39 is 0 Å². The number of nitrogens with two attached hydrogens (primary N) is 1. The Balaban J connectivity index is 2.32. The Kier molecular flexibility index (Phi) is 5.93. The van der Waals surface area contributed by atoms with E-state index >= 15 is 0 Å². The van der Waals surface area contributed by atoms with Gasteiger partial charge < -0.3 is 15.8 Å². The minimum atomic E-state index is 0.0133. The van der Waals surface area contributed by atoms with Gasteiger partial charge in [-0.1, -0.05) is 25.1 Å². The Labute approximate surface area is 103 Å². The highest BCUT2D eigenvalue weighted by molar-refractivity contribution is 5.77. The smallest absolute Gasteiger partial charge is 0.188 e. The number of guanidine groups is 1. The summed E-state index contributed by atoms with van der Waals surface area (Å²) < 4.78 is 5.68. The number of hydrogen-bond acceptors (Lipinski definition) is 2. The molecule has 1 aromatic rings. The molecular weight excluding hydrogens is 214 g/mol. The number of benzene rings is 1. The summed E-state index contributed by atoms with van der Waals surface area (Å²) in [4.78, 5) is 4.22. The molecule has 0 spiro atoms. The maximum Gasteiger partial charge on any atom is 0.188 e. The first-order valence-electron chi connectivity index (χ1n) is 5.98. The second-order valence-electron chi connectivity index (χ2n) is 3.89. The molecule has 1 atom stereocenters. The summed E-state index contributed by atoms with van der Waals surface area (Å²) in [5.41, 5.74) is 5.68. The number of para-hydroxylation sites is 1. The average Bonchev–Trinajstić information content (AvgIpc) is 2.35. The van der Waals surface area contributed by atoms with Crippen molar-refractivity contribution in [1.82, 2.24) is 5.32 Å². The van der Waals surface area contributed by atoms with E-state index in [2.05, 4.69) is 17.2 Å². The Morgan fingerprint density at radius 1 is 1.41 bits per heavy atom. The fourth-order valence-corrected chi connectivity index (χ4v) is 1.30. The highest BCUT2D eigenvalue weighted by atomic mass is 16.5. The SMILES string of the molecule is CCCNC(N)=NCC(C)Oc1ccccc1. The topological polar surface area (TPSA) is 59.6 Å². The number of rotatable bonds is 6. The van der Waals surface area contributed by atoms with Gasteiger partial charge in [-0.25, -0.2) is 4.99 Å². The van der Waals surface area contributed by atoms with E-state index in [1.165, 1.54) is 0 Å². The average molecular weight is 235 g/mol. The minimum Gasteiger partial charge on any atom is -0.489 e. The molecule has 0 aromatic heterocycles. The number of aliphatic imine (C=N–C) groups is 1. The van der Waals surface area contributed by atoms with E-state index in [1.807, 2.05) is 37.3 Å². The van der Waals surface area contributed by atoms with E-state index in [0.717, 1.165) is 18.7 Å². The van der Waals surface area contributed by atoms with Crippen LogP contribution in [0.25, 0.3) is 0 Å². The molecule has 0 heterocycles. The predicted molar refractivity (Wildman–Crippen MR) is 71.3 cm³/mol. The van der Waals surface area contributed by atoms with Gasteiger partial charge in [0, 0.05) is 6.54 Å². The van der Waals surface area contributed by atoms with Crippen molar-refractivity contribution in [3.05, 3.63) is 30.3 Å². The van der Waals surface area contributed by atoms with Crippen molar-refractivity contribution in [3.8, 4) is 5.75 Å². The van der Waals surface area contributed by atoms with Gasteiger partial charge in [0.2, 0.25) is 0 Å². The van der Waals surface area contributed by atoms with Crippen LogP contribution >= 0.6 is 0 Å². The van der Waals surface area contributed by atoms with Crippen LogP contribution in [0.3, 0.4) is 0 Å². The molecule has 0 saturated heterocycles. The van der Waals surface area contributed by atoms with Crippen molar-refractivity contribution in [2.24, 2.45) is 10.7 Å². The molecule has 0 aliphatic carbocycles. The molecular formula is C13H21N3O. The molecule has 0 fully saturated rings. The van der Waals surface area contributed by atoms with Gasteiger partial charge in [0.05, 0.1) is 6.54 Å². The second-order valence-corrected chi connectivity index (χ2v) is 3.89. The lowest BCUT2D eigenvalue weighted by Crippen LogP contribution is -2.33.